The van der Waals surface area contributed by atoms with Gasteiger partial charge in [0.15, 0.2) is 5.58 Å². The number of ether oxygens (including phenoxy) is 1. The summed E-state index contributed by atoms with van der Waals surface area (Å²) in [6, 6.07) is 5.98. The molecule has 8 heteroatoms. The van der Waals surface area contributed by atoms with E-state index in [-0.39, 0.29) is 11.8 Å². The van der Waals surface area contributed by atoms with Crippen molar-refractivity contribution in [2.24, 2.45) is 5.92 Å². The number of hydrogen-bond donors (Lipinski definition) is 1. The summed E-state index contributed by atoms with van der Waals surface area (Å²) in [5, 5.41) is 3.73. The number of carbonyl (C=O) groups is 1. The lowest BCUT2D eigenvalue weighted by Gasteiger charge is -2.31. The summed E-state index contributed by atoms with van der Waals surface area (Å²) >= 11 is 6.02. The molecule has 1 aromatic heterocycles. The summed E-state index contributed by atoms with van der Waals surface area (Å²) in [6.07, 6.45) is 1.84. The third kappa shape index (κ3) is 4.54. The van der Waals surface area contributed by atoms with Gasteiger partial charge in [-0.1, -0.05) is 11.6 Å². The number of halogens is 1. The summed E-state index contributed by atoms with van der Waals surface area (Å²) in [6.45, 7) is 6.46. The average molecular weight is 393 g/mol. The molecule has 2 aromatic rings. The summed E-state index contributed by atoms with van der Waals surface area (Å²) in [5.74, 6) is 0.0779. The Labute approximate surface area is 163 Å². The average Bonchev–Trinajstić information content (AvgIpc) is 3.12. The number of nitrogens with one attached hydrogen (secondary N) is 1. The molecule has 1 unspecified atom stereocenters. The standard InChI is InChI=1S/C19H25ClN4O3/c20-15-3-4-17-16(12-15)22-19(27-17)24-6-1-2-14(13-24)18(25)21-5-7-23-8-10-26-11-9-23/h3-4,12,14H,1-2,5-11,13H2,(H,21,25). The highest BCUT2D eigenvalue weighted by Crippen LogP contribution is 2.27. The van der Waals surface area contributed by atoms with Gasteiger partial charge >= 0.3 is 0 Å². The van der Waals surface area contributed by atoms with Crippen molar-refractivity contribution in [1.29, 1.82) is 0 Å². The van der Waals surface area contributed by atoms with Crippen LogP contribution in [0.5, 0.6) is 0 Å². The molecule has 3 heterocycles. The Morgan fingerprint density at radius 3 is 3.00 bits per heavy atom. The molecule has 2 fully saturated rings. The van der Waals surface area contributed by atoms with E-state index in [0.717, 1.165) is 57.8 Å². The van der Waals surface area contributed by atoms with E-state index in [1.807, 2.05) is 6.07 Å². The van der Waals surface area contributed by atoms with Gasteiger partial charge in [-0.15, -0.1) is 0 Å². The Hall–Kier alpha value is -1.83. The summed E-state index contributed by atoms with van der Waals surface area (Å²) < 4.78 is 11.2. The van der Waals surface area contributed by atoms with Crippen LogP contribution < -0.4 is 10.2 Å². The summed E-state index contributed by atoms with van der Waals surface area (Å²) in [7, 11) is 0. The molecule has 1 atom stereocenters. The number of aromatic nitrogens is 1. The normalized spacial score (nSPS) is 21.5. The van der Waals surface area contributed by atoms with Crippen LogP contribution >= 0.6 is 11.6 Å². The van der Waals surface area contributed by atoms with Gasteiger partial charge < -0.3 is 19.4 Å². The van der Waals surface area contributed by atoms with Gasteiger partial charge in [0.05, 0.1) is 19.1 Å². The predicted molar refractivity (Wildman–Crippen MR) is 104 cm³/mol. The minimum Gasteiger partial charge on any atom is -0.423 e. The van der Waals surface area contributed by atoms with Crippen LogP contribution in [0.4, 0.5) is 6.01 Å². The molecule has 1 amide bonds. The van der Waals surface area contributed by atoms with Crippen LogP contribution in [0.15, 0.2) is 22.6 Å². The van der Waals surface area contributed by atoms with Crippen LogP contribution in [0.1, 0.15) is 12.8 Å². The van der Waals surface area contributed by atoms with Crippen LogP contribution in [0.2, 0.25) is 5.02 Å². The predicted octanol–water partition coefficient (Wildman–Crippen LogP) is 2.15. The Balaban J connectivity index is 1.32. The molecule has 4 rings (SSSR count). The smallest absolute Gasteiger partial charge is 0.298 e. The van der Waals surface area contributed by atoms with Gasteiger partial charge in [0, 0.05) is 44.3 Å². The quantitative estimate of drug-likeness (QED) is 0.840. The van der Waals surface area contributed by atoms with Crippen molar-refractivity contribution in [2.75, 3.05) is 57.4 Å². The number of morpholine rings is 1. The van der Waals surface area contributed by atoms with Crippen molar-refractivity contribution in [2.45, 2.75) is 12.8 Å². The van der Waals surface area contributed by atoms with Crippen molar-refractivity contribution in [1.82, 2.24) is 15.2 Å². The number of amides is 1. The number of oxazole rings is 1. The first-order chi connectivity index (χ1) is 13.2. The number of hydrogen-bond acceptors (Lipinski definition) is 6. The molecule has 1 N–H and O–H groups in total. The van der Waals surface area contributed by atoms with Gasteiger partial charge in [-0.25, -0.2) is 0 Å². The first kappa shape index (κ1) is 18.5. The number of fused-ring (bicyclic) bond motifs is 1. The van der Waals surface area contributed by atoms with E-state index in [9.17, 15) is 4.79 Å². The zero-order valence-electron chi connectivity index (χ0n) is 15.3. The number of piperidine rings is 1. The number of benzene rings is 1. The van der Waals surface area contributed by atoms with Gasteiger partial charge in [-0.05, 0) is 31.0 Å². The van der Waals surface area contributed by atoms with Crippen LogP contribution in [0.25, 0.3) is 11.1 Å². The van der Waals surface area contributed by atoms with E-state index in [0.29, 0.717) is 29.7 Å². The Morgan fingerprint density at radius 1 is 1.30 bits per heavy atom. The number of anilines is 1. The first-order valence-electron chi connectivity index (χ1n) is 9.58. The molecule has 7 nitrogen and oxygen atoms in total. The molecule has 146 valence electrons. The molecule has 0 bridgehead atoms. The summed E-state index contributed by atoms with van der Waals surface area (Å²) in [5.41, 5.74) is 1.46. The summed E-state index contributed by atoms with van der Waals surface area (Å²) in [4.78, 5) is 21.5. The second-order valence-corrected chi connectivity index (χ2v) is 7.58. The fourth-order valence-electron chi connectivity index (χ4n) is 3.69. The van der Waals surface area contributed by atoms with Crippen LogP contribution in [-0.2, 0) is 9.53 Å². The maximum absolute atomic E-state index is 12.6. The maximum Gasteiger partial charge on any atom is 0.298 e. The third-order valence-corrected chi connectivity index (χ3v) is 5.47. The molecule has 27 heavy (non-hydrogen) atoms. The second-order valence-electron chi connectivity index (χ2n) is 7.14. The fourth-order valence-corrected chi connectivity index (χ4v) is 3.86. The van der Waals surface area contributed by atoms with Gasteiger partial charge in [0.1, 0.15) is 5.52 Å². The monoisotopic (exact) mass is 392 g/mol. The number of nitrogens with zero attached hydrogens (tertiary/aromatic N) is 3. The molecule has 0 saturated carbocycles. The van der Waals surface area contributed by atoms with Crippen LogP contribution in [0, 0.1) is 5.92 Å². The molecule has 2 aliphatic rings. The third-order valence-electron chi connectivity index (χ3n) is 5.23. The maximum atomic E-state index is 12.6. The van der Waals surface area contributed by atoms with E-state index < -0.39 is 0 Å². The molecule has 0 radical (unpaired) electrons. The van der Waals surface area contributed by atoms with E-state index >= 15 is 0 Å². The first-order valence-corrected chi connectivity index (χ1v) is 9.96. The highest BCUT2D eigenvalue weighted by Gasteiger charge is 2.28. The highest BCUT2D eigenvalue weighted by molar-refractivity contribution is 6.31. The SMILES string of the molecule is O=C(NCCN1CCOCC1)C1CCCN(c2nc3cc(Cl)ccc3o2)C1. The number of carbonyl (C=O) groups excluding carboxylic acids is 1. The molecule has 2 saturated heterocycles. The van der Waals surface area contributed by atoms with Gasteiger partial charge in [-0.3, -0.25) is 9.69 Å². The van der Waals surface area contributed by atoms with Crippen LogP contribution in [0.3, 0.4) is 0 Å². The second kappa shape index (κ2) is 8.46. The minimum atomic E-state index is -0.0398. The largest absolute Gasteiger partial charge is 0.423 e. The van der Waals surface area contributed by atoms with Crippen molar-refractivity contribution >= 4 is 34.6 Å². The molecule has 0 spiro atoms. The van der Waals surface area contributed by atoms with Crippen LogP contribution in [-0.4, -0.2) is 68.3 Å². The van der Waals surface area contributed by atoms with Gasteiger partial charge in [-0.2, -0.15) is 4.98 Å². The van der Waals surface area contributed by atoms with E-state index in [4.69, 9.17) is 20.8 Å². The van der Waals surface area contributed by atoms with Gasteiger partial charge in [0.25, 0.3) is 6.01 Å². The van der Waals surface area contributed by atoms with Crippen molar-refractivity contribution < 1.29 is 13.9 Å². The van der Waals surface area contributed by atoms with Crippen molar-refractivity contribution in [3.8, 4) is 0 Å². The molecule has 0 aliphatic carbocycles. The lowest BCUT2D eigenvalue weighted by molar-refractivity contribution is -0.125. The Bertz CT molecular complexity index is 790. The Morgan fingerprint density at radius 2 is 2.15 bits per heavy atom. The van der Waals surface area contributed by atoms with E-state index in [1.54, 1.807) is 12.1 Å². The van der Waals surface area contributed by atoms with E-state index in [2.05, 4.69) is 20.1 Å². The molecule has 2 aliphatic heterocycles. The highest BCUT2D eigenvalue weighted by atomic mass is 35.5. The Kier molecular flexibility index (Phi) is 5.80. The number of rotatable bonds is 5. The lowest BCUT2D eigenvalue weighted by Crippen LogP contribution is -2.46. The van der Waals surface area contributed by atoms with Crippen molar-refractivity contribution in [3.63, 3.8) is 0 Å². The fraction of sp³-hybridized carbons (Fsp3) is 0.579. The van der Waals surface area contributed by atoms with Crippen molar-refractivity contribution in [3.05, 3.63) is 23.2 Å². The topological polar surface area (TPSA) is 70.8 Å². The molecular weight excluding hydrogens is 368 g/mol. The van der Waals surface area contributed by atoms with E-state index in [1.165, 1.54) is 0 Å². The molecular formula is C19H25ClN4O3. The van der Waals surface area contributed by atoms with Gasteiger partial charge in [0.2, 0.25) is 5.91 Å². The zero-order valence-corrected chi connectivity index (χ0v) is 16.1. The molecule has 1 aromatic carbocycles. The lowest BCUT2D eigenvalue weighted by atomic mass is 9.97. The minimum absolute atomic E-state index is 0.0398. The zero-order chi connectivity index (χ0) is 18.6.